The molecule has 0 amide bonds. The second-order valence-corrected chi connectivity index (χ2v) is 4.75. The van der Waals surface area contributed by atoms with Crippen molar-refractivity contribution >= 4 is 10.9 Å². The molecule has 108 valence electrons. The van der Waals surface area contributed by atoms with Crippen LogP contribution in [0.5, 0.6) is 0 Å². The van der Waals surface area contributed by atoms with Crippen LogP contribution in [0.1, 0.15) is 5.69 Å². The lowest BCUT2D eigenvalue weighted by Crippen LogP contribution is -2.39. The fourth-order valence-electron chi connectivity index (χ4n) is 1.94. The third kappa shape index (κ3) is 3.68. The molecule has 2 rings (SSSR count). The highest BCUT2D eigenvalue weighted by Gasteiger charge is 2.38. The van der Waals surface area contributed by atoms with Crippen LogP contribution >= 0.6 is 0 Å². The van der Waals surface area contributed by atoms with Crippen molar-refractivity contribution in [3.05, 3.63) is 42.1 Å². The molecule has 2 aromatic rings. The number of pyridine rings is 1. The normalized spacial score (nSPS) is 13.9. The number of aliphatic hydroxyl groups is 1. The lowest BCUT2D eigenvalue weighted by atomic mass is 10.2. The molecular formula is C14H15F3N2O. The van der Waals surface area contributed by atoms with Crippen LogP contribution in [0.15, 0.2) is 36.4 Å². The number of para-hydroxylation sites is 1. The van der Waals surface area contributed by atoms with Crippen LogP contribution in [0.25, 0.3) is 10.9 Å². The van der Waals surface area contributed by atoms with Gasteiger partial charge in [-0.3, -0.25) is 9.88 Å². The SMILES string of the molecule is CN(Cc1ccc2ccccc2n1)CC(O)C(F)(F)F. The molecule has 1 aromatic carbocycles. The summed E-state index contributed by atoms with van der Waals surface area (Å²) in [4.78, 5) is 5.78. The van der Waals surface area contributed by atoms with Crippen molar-refractivity contribution < 1.29 is 18.3 Å². The molecule has 3 nitrogen and oxygen atoms in total. The Kier molecular flexibility index (Phi) is 4.25. The second kappa shape index (κ2) is 5.76. The van der Waals surface area contributed by atoms with Crippen LogP contribution in [0.2, 0.25) is 0 Å². The average molecular weight is 284 g/mol. The molecule has 0 fully saturated rings. The number of halogens is 3. The number of aliphatic hydroxyl groups excluding tert-OH is 1. The standard InChI is InChI=1S/C14H15F3N2O/c1-19(9-13(20)14(15,16)17)8-11-7-6-10-4-2-3-5-12(10)18-11/h2-7,13,20H,8-9H2,1H3. The van der Waals surface area contributed by atoms with E-state index in [1.165, 1.54) is 11.9 Å². The lowest BCUT2D eigenvalue weighted by molar-refractivity contribution is -0.207. The van der Waals surface area contributed by atoms with Gasteiger partial charge in [0.2, 0.25) is 0 Å². The highest BCUT2D eigenvalue weighted by Crippen LogP contribution is 2.21. The average Bonchev–Trinajstić information content (AvgIpc) is 2.37. The Morgan fingerprint density at radius 1 is 1.20 bits per heavy atom. The van der Waals surface area contributed by atoms with Gasteiger partial charge < -0.3 is 5.11 Å². The Hall–Kier alpha value is -1.66. The van der Waals surface area contributed by atoms with Gasteiger partial charge in [0.05, 0.1) is 11.2 Å². The van der Waals surface area contributed by atoms with E-state index in [4.69, 9.17) is 5.11 Å². The van der Waals surface area contributed by atoms with Gasteiger partial charge in [0, 0.05) is 18.5 Å². The molecule has 0 saturated carbocycles. The van der Waals surface area contributed by atoms with Gasteiger partial charge in [0.15, 0.2) is 6.10 Å². The number of benzene rings is 1. The number of aromatic nitrogens is 1. The summed E-state index contributed by atoms with van der Waals surface area (Å²) in [6, 6.07) is 11.2. The van der Waals surface area contributed by atoms with Gasteiger partial charge in [0.1, 0.15) is 0 Å². The predicted octanol–water partition coefficient (Wildman–Crippen LogP) is 2.59. The van der Waals surface area contributed by atoms with Crippen LogP contribution in [0, 0.1) is 0 Å². The minimum Gasteiger partial charge on any atom is -0.382 e. The maximum atomic E-state index is 12.3. The number of nitrogens with zero attached hydrogens (tertiary/aromatic N) is 2. The van der Waals surface area contributed by atoms with Crippen LogP contribution in [0.3, 0.4) is 0 Å². The third-order valence-electron chi connectivity index (χ3n) is 2.95. The van der Waals surface area contributed by atoms with Crippen LogP contribution in [0.4, 0.5) is 13.2 Å². The smallest absolute Gasteiger partial charge is 0.382 e. The molecule has 0 spiro atoms. The Morgan fingerprint density at radius 2 is 1.90 bits per heavy atom. The topological polar surface area (TPSA) is 36.4 Å². The molecule has 0 aliphatic rings. The maximum absolute atomic E-state index is 12.3. The molecule has 0 radical (unpaired) electrons. The monoisotopic (exact) mass is 284 g/mol. The highest BCUT2D eigenvalue weighted by molar-refractivity contribution is 5.78. The molecule has 6 heteroatoms. The number of fused-ring (bicyclic) bond motifs is 1. The van der Waals surface area contributed by atoms with Gasteiger partial charge in [0.25, 0.3) is 0 Å². The summed E-state index contributed by atoms with van der Waals surface area (Å²) in [6.07, 6.45) is -6.93. The van der Waals surface area contributed by atoms with Gasteiger partial charge in [-0.1, -0.05) is 24.3 Å². The van der Waals surface area contributed by atoms with E-state index in [-0.39, 0.29) is 6.54 Å². The first kappa shape index (κ1) is 14.7. The molecule has 1 aromatic heterocycles. The molecule has 0 aliphatic carbocycles. The Morgan fingerprint density at radius 3 is 2.60 bits per heavy atom. The quantitative estimate of drug-likeness (QED) is 0.937. The van der Waals surface area contributed by atoms with Gasteiger partial charge in [-0.15, -0.1) is 0 Å². The van der Waals surface area contributed by atoms with E-state index in [0.717, 1.165) is 10.9 Å². The number of hydrogen-bond donors (Lipinski definition) is 1. The van der Waals surface area contributed by atoms with Crippen LogP contribution in [-0.2, 0) is 6.54 Å². The lowest BCUT2D eigenvalue weighted by Gasteiger charge is -2.21. The molecule has 1 unspecified atom stereocenters. The first-order valence-corrected chi connectivity index (χ1v) is 6.14. The van der Waals surface area contributed by atoms with Crippen LogP contribution in [-0.4, -0.2) is 40.9 Å². The molecule has 0 bridgehead atoms. The van der Waals surface area contributed by atoms with Gasteiger partial charge >= 0.3 is 6.18 Å². The van der Waals surface area contributed by atoms with Crippen LogP contribution < -0.4 is 0 Å². The van der Waals surface area contributed by atoms with E-state index in [9.17, 15) is 13.2 Å². The van der Waals surface area contributed by atoms with E-state index in [1.807, 2.05) is 30.3 Å². The second-order valence-electron chi connectivity index (χ2n) is 4.75. The summed E-state index contributed by atoms with van der Waals surface area (Å²) < 4.78 is 36.8. The first-order valence-electron chi connectivity index (χ1n) is 6.14. The van der Waals surface area contributed by atoms with Crippen molar-refractivity contribution in [1.82, 2.24) is 9.88 Å². The Balaban J connectivity index is 2.04. The first-order chi connectivity index (χ1) is 9.36. The minimum absolute atomic E-state index is 0.248. The van der Waals surface area contributed by atoms with Gasteiger partial charge in [-0.05, 0) is 19.2 Å². The number of likely N-dealkylation sites (N-methyl/N-ethyl adjacent to an activating group) is 1. The molecule has 1 atom stereocenters. The zero-order valence-electron chi connectivity index (χ0n) is 10.9. The van der Waals surface area contributed by atoms with Crippen molar-refractivity contribution in [2.24, 2.45) is 0 Å². The van der Waals surface area contributed by atoms with Crippen molar-refractivity contribution in [2.45, 2.75) is 18.8 Å². The van der Waals surface area contributed by atoms with E-state index in [2.05, 4.69) is 4.98 Å². The minimum atomic E-state index is -4.59. The fraction of sp³-hybridized carbons (Fsp3) is 0.357. The molecular weight excluding hydrogens is 269 g/mol. The zero-order valence-corrected chi connectivity index (χ0v) is 10.9. The molecule has 1 N–H and O–H groups in total. The summed E-state index contributed by atoms with van der Waals surface area (Å²) in [5.74, 6) is 0. The van der Waals surface area contributed by atoms with Crippen molar-refractivity contribution in [3.8, 4) is 0 Å². The van der Waals surface area contributed by atoms with Gasteiger partial charge in [-0.25, -0.2) is 0 Å². The number of rotatable bonds is 4. The fourth-order valence-corrected chi connectivity index (χ4v) is 1.94. The molecule has 0 aliphatic heterocycles. The largest absolute Gasteiger partial charge is 0.415 e. The highest BCUT2D eigenvalue weighted by atomic mass is 19.4. The Bertz CT molecular complexity index is 586. The van der Waals surface area contributed by atoms with E-state index in [1.54, 1.807) is 6.07 Å². The maximum Gasteiger partial charge on any atom is 0.415 e. The van der Waals surface area contributed by atoms with Gasteiger partial charge in [-0.2, -0.15) is 13.2 Å². The zero-order chi connectivity index (χ0) is 14.8. The number of hydrogen-bond acceptors (Lipinski definition) is 3. The molecule has 1 heterocycles. The summed E-state index contributed by atoms with van der Waals surface area (Å²) in [6.45, 7) is -0.226. The van der Waals surface area contributed by atoms with E-state index < -0.39 is 18.8 Å². The van der Waals surface area contributed by atoms with Crippen molar-refractivity contribution in [2.75, 3.05) is 13.6 Å². The predicted molar refractivity (Wildman–Crippen MR) is 70.1 cm³/mol. The van der Waals surface area contributed by atoms with Crippen molar-refractivity contribution in [1.29, 1.82) is 0 Å². The summed E-state index contributed by atoms with van der Waals surface area (Å²) >= 11 is 0. The molecule has 0 saturated heterocycles. The van der Waals surface area contributed by atoms with E-state index >= 15 is 0 Å². The molecule has 20 heavy (non-hydrogen) atoms. The van der Waals surface area contributed by atoms with Crippen molar-refractivity contribution in [3.63, 3.8) is 0 Å². The summed E-state index contributed by atoms with van der Waals surface area (Å²) in [5, 5.41) is 10.00. The van der Waals surface area contributed by atoms with E-state index in [0.29, 0.717) is 5.69 Å². The summed E-state index contributed by atoms with van der Waals surface area (Å²) in [7, 11) is 1.52. The third-order valence-corrected chi connectivity index (χ3v) is 2.95. The number of alkyl halides is 3. The Labute approximate surface area is 114 Å². The summed E-state index contributed by atoms with van der Waals surface area (Å²) in [5.41, 5.74) is 1.47.